The lowest BCUT2D eigenvalue weighted by Crippen LogP contribution is -2.29. The molecule has 0 radical (unpaired) electrons. The minimum absolute atomic E-state index is 0.441. The van der Waals surface area contributed by atoms with Crippen molar-refractivity contribution >= 4 is 0 Å². The van der Waals surface area contributed by atoms with Crippen LogP contribution in [0, 0.1) is 0 Å². The summed E-state index contributed by atoms with van der Waals surface area (Å²) < 4.78 is 35.3. The molecule has 0 atom stereocenters. The molecule has 0 amide bonds. The van der Waals surface area contributed by atoms with Gasteiger partial charge in [-0.05, 0) is 94.5 Å². The van der Waals surface area contributed by atoms with E-state index in [-0.39, 0.29) is 0 Å². The molecule has 7 rings (SSSR count). The fourth-order valence-corrected chi connectivity index (χ4v) is 8.06. The molecule has 59 heavy (non-hydrogen) atoms. The summed E-state index contributed by atoms with van der Waals surface area (Å²) in [6, 6.07) is 52.1. The summed E-state index contributed by atoms with van der Waals surface area (Å²) in [5.74, 6) is 1.64. The van der Waals surface area contributed by atoms with Gasteiger partial charge in [-0.25, -0.2) is 0 Å². The van der Waals surface area contributed by atoms with Gasteiger partial charge in [0.25, 0.3) is 0 Å². The quantitative estimate of drug-likeness (QED) is 0.0449. The smallest absolute Gasteiger partial charge is 0.127 e. The molecule has 6 aromatic rings. The second-order valence-electron chi connectivity index (χ2n) is 14.4. The van der Waals surface area contributed by atoms with Gasteiger partial charge < -0.3 is 28.4 Å². The van der Waals surface area contributed by atoms with E-state index in [0.29, 0.717) is 52.9 Å². The molecule has 6 aromatic carbocycles. The van der Waals surface area contributed by atoms with Gasteiger partial charge in [-0.3, -0.25) is 0 Å². The Kier molecular flexibility index (Phi) is 14.7. The number of fused-ring (bicyclic) bond motifs is 3. The van der Waals surface area contributed by atoms with Crippen molar-refractivity contribution < 1.29 is 28.4 Å². The Balaban J connectivity index is 1.26. The van der Waals surface area contributed by atoms with Crippen molar-refractivity contribution in [1.82, 2.24) is 0 Å². The summed E-state index contributed by atoms with van der Waals surface area (Å²) in [6.45, 7) is 11.7. The van der Waals surface area contributed by atoms with E-state index in [0.717, 1.165) is 70.6 Å². The number of benzene rings is 6. The van der Waals surface area contributed by atoms with E-state index in [9.17, 15) is 0 Å². The van der Waals surface area contributed by atoms with E-state index < -0.39 is 5.41 Å². The van der Waals surface area contributed by atoms with E-state index >= 15 is 0 Å². The van der Waals surface area contributed by atoms with Gasteiger partial charge in [-0.15, -0.1) is 0 Å². The van der Waals surface area contributed by atoms with Gasteiger partial charge in [-0.1, -0.05) is 134 Å². The van der Waals surface area contributed by atoms with E-state index in [2.05, 4.69) is 159 Å². The van der Waals surface area contributed by atoms with Crippen LogP contribution >= 0.6 is 0 Å². The van der Waals surface area contributed by atoms with Crippen LogP contribution in [0.3, 0.4) is 0 Å². The molecule has 6 nitrogen and oxygen atoms in total. The Hall–Kier alpha value is -6.08. The lowest BCUT2D eigenvalue weighted by atomic mass is 9.67. The van der Waals surface area contributed by atoms with Crippen molar-refractivity contribution in [3.05, 3.63) is 194 Å². The molecule has 0 heterocycles. The number of unbranched alkanes of at least 4 members (excludes halogenated alkanes) is 2. The fraction of sp³-hybridized carbons (Fsp3) is 0.245. The van der Waals surface area contributed by atoms with Crippen LogP contribution in [0.5, 0.6) is 11.5 Å². The van der Waals surface area contributed by atoms with Crippen LogP contribution in [-0.2, 0) is 24.4 Å². The Morgan fingerprint density at radius 3 is 1.24 bits per heavy atom. The highest BCUT2D eigenvalue weighted by Crippen LogP contribution is 2.57. The van der Waals surface area contributed by atoms with E-state index in [1.807, 2.05) is 0 Å². The molecule has 0 bridgehead atoms. The standard InChI is InChI=1S/C53H54O6/c1-3-54-31-15-17-33-56-35-37-58-51-29-27-43(39-47(51)41-19-7-5-8-20-41)53(49-25-13-11-23-45(49)46-24-12-14-26-50(46)53)44-28-30-52(48(40-44)42-21-9-6-10-22-42)59-38-36-57-34-18-16-32-55-4-2/h3-14,19-30,39-40H,1-2,15-18,31-38H2. The molecular formula is C53H54O6. The highest BCUT2D eigenvalue weighted by molar-refractivity contribution is 5.88. The average Bonchev–Trinajstić information content (AvgIpc) is 3.59. The van der Waals surface area contributed by atoms with Gasteiger partial charge in [-0.2, -0.15) is 0 Å². The van der Waals surface area contributed by atoms with Crippen LogP contribution in [0.25, 0.3) is 33.4 Å². The Morgan fingerprint density at radius 1 is 0.390 bits per heavy atom. The van der Waals surface area contributed by atoms with Crippen molar-refractivity contribution in [3.63, 3.8) is 0 Å². The molecule has 1 aliphatic rings. The molecule has 0 aliphatic heterocycles. The average molecular weight is 787 g/mol. The van der Waals surface area contributed by atoms with E-state index in [4.69, 9.17) is 28.4 Å². The highest BCUT2D eigenvalue weighted by atomic mass is 16.5. The number of hydrogen-bond donors (Lipinski definition) is 0. The summed E-state index contributed by atoms with van der Waals surface area (Å²) in [7, 11) is 0. The van der Waals surface area contributed by atoms with Gasteiger partial charge >= 0.3 is 0 Å². The first-order valence-electron chi connectivity index (χ1n) is 20.7. The fourth-order valence-electron chi connectivity index (χ4n) is 8.06. The molecule has 6 heteroatoms. The summed E-state index contributed by atoms with van der Waals surface area (Å²) in [4.78, 5) is 0. The van der Waals surface area contributed by atoms with Crippen LogP contribution in [0.4, 0.5) is 0 Å². The third-order valence-electron chi connectivity index (χ3n) is 10.8. The van der Waals surface area contributed by atoms with Gasteiger partial charge in [0.2, 0.25) is 0 Å². The molecule has 0 saturated carbocycles. The maximum Gasteiger partial charge on any atom is 0.127 e. The SMILES string of the molecule is C=COCCCCOCCOc1ccc(C2(c3ccc(OCCOCCCCOC=C)c(-c4ccccc4)c3)c3ccccc3-c3ccccc32)cc1-c1ccccc1. The molecule has 0 fully saturated rings. The van der Waals surface area contributed by atoms with Gasteiger partial charge in [0, 0.05) is 24.3 Å². The number of hydrogen-bond acceptors (Lipinski definition) is 6. The molecule has 0 unspecified atom stereocenters. The van der Waals surface area contributed by atoms with Gasteiger partial charge in [0.1, 0.15) is 24.7 Å². The normalized spacial score (nSPS) is 12.3. The Morgan fingerprint density at radius 2 is 0.797 bits per heavy atom. The lowest BCUT2D eigenvalue weighted by molar-refractivity contribution is 0.0938. The topological polar surface area (TPSA) is 55.4 Å². The molecule has 0 spiro atoms. The summed E-state index contributed by atoms with van der Waals surface area (Å²) in [5, 5.41) is 0. The molecule has 0 saturated heterocycles. The summed E-state index contributed by atoms with van der Waals surface area (Å²) in [5.41, 5.74) is 10.8. The molecular weight excluding hydrogens is 733 g/mol. The van der Waals surface area contributed by atoms with Gasteiger partial charge in [0.05, 0.1) is 44.4 Å². The largest absolute Gasteiger partial charge is 0.502 e. The maximum atomic E-state index is 6.51. The minimum Gasteiger partial charge on any atom is -0.502 e. The predicted octanol–water partition coefficient (Wildman–Crippen LogP) is 12.1. The van der Waals surface area contributed by atoms with Crippen LogP contribution in [0.15, 0.2) is 171 Å². The Bertz CT molecular complexity index is 2090. The zero-order valence-corrected chi connectivity index (χ0v) is 33.9. The third kappa shape index (κ3) is 9.63. The maximum absolute atomic E-state index is 6.51. The van der Waals surface area contributed by atoms with Crippen molar-refractivity contribution in [2.45, 2.75) is 31.1 Å². The first-order chi connectivity index (χ1) is 29.3. The zero-order chi connectivity index (χ0) is 40.5. The van der Waals surface area contributed by atoms with E-state index in [1.54, 1.807) is 0 Å². The minimum atomic E-state index is -0.645. The molecule has 1 aliphatic carbocycles. The highest BCUT2D eigenvalue weighted by Gasteiger charge is 2.46. The molecule has 302 valence electrons. The zero-order valence-electron chi connectivity index (χ0n) is 33.9. The van der Waals surface area contributed by atoms with Crippen molar-refractivity contribution in [1.29, 1.82) is 0 Å². The number of rotatable bonds is 24. The van der Waals surface area contributed by atoms with Crippen molar-refractivity contribution in [2.75, 3.05) is 52.9 Å². The van der Waals surface area contributed by atoms with Crippen molar-refractivity contribution in [2.24, 2.45) is 0 Å². The van der Waals surface area contributed by atoms with Crippen LogP contribution in [0.2, 0.25) is 0 Å². The monoisotopic (exact) mass is 786 g/mol. The first kappa shape index (κ1) is 41.1. The second kappa shape index (κ2) is 21.1. The van der Waals surface area contributed by atoms with Crippen LogP contribution in [0.1, 0.15) is 47.9 Å². The molecule has 0 N–H and O–H groups in total. The van der Waals surface area contributed by atoms with Crippen molar-refractivity contribution in [3.8, 4) is 44.9 Å². The summed E-state index contributed by atoms with van der Waals surface area (Å²) >= 11 is 0. The van der Waals surface area contributed by atoms with Crippen LogP contribution < -0.4 is 9.47 Å². The van der Waals surface area contributed by atoms with E-state index in [1.165, 1.54) is 34.8 Å². The van der Waals surface area contributed by atoms with Crippen LogP contribution in [-0.4, -0.2) is 52.9 Å². The first-order valence-corrected chi connectivity index (χ1v) is 20.7. The Labute approximate surface area is 349 Å². The summed E-state index contributed by atoms with van der Waals surface area (Å²) in [6.07, 6.45) is 6.65. The second-order valence-corrected chi connectivity index (χ2v) is 14.4. The molecule has 0 aromatic heterocycles. The lowest BCUT2D eigenvalue weighted by Gasteiger charge is -2.35. The van der Waals surface area contributed by atoms with Gasteiger partial charge in [0.15, 0.2) is 0 Å². The predicted molar refractivity (Wildman–Crippen MR) is 238 cm³/mol. The number of ether oxygens (including phenoxy) is 6. The third-order valence-corrected chi connectivity index (χ3v) is 10.8.